The van der Waals surface area contributed by atoms with Crippen molar-refractivity contribution in [2.45, 2.75) is 22.0 Å². The molecule has 0 spiro atoms. The standard InChI is InChI=1S/C22H20Se2/c1-4-10-18(11-5-1)21-16-17-22(21,23-19-12-6-2-7-13-19)24-20-14-8-3-9-15-20/h1-15,21H,16-17H2. The van der Waals surface area contributed by atoms with Crippen LogP contribution in [0.2, 0.25) is 3.21 Å². The third-order valence-corrected chi connectivity index (χ3v) is 12.0. The van der Waals surface area contributed by atoms with Gasteiger partial charge >= 0.3 is 157 Å². The second-order valence-corrected chi connectivity index (χ2v) is 13.3. The van der Waals surface area contributed by atoms with Gasteiger partial charge in [-0.2, -0.15) is 0 Å². The summed E-state index contributed by atoms with van der Waals surface area (Å²) in [6.07, 6.45) is 2.71. The molecule has 120 valence electrons. The van der Waals surface area contributed by atoms with Gasteiger partial charge in [0.25, 0.3) is 0 Å². The molecular formula is C22H20Se2. The molecule has 1 fully saturated rings. The minimum absolute atomic E-state index is 0.476. The van der Waals surface area contributed by atoms with E-state index in [0.717, 1.165) is 5.92 Å². The summed E-state index contributed by atoms with van der Waals surface area (Å²) in [4.78, 5) is 0. The predicted octanol–water partition coefficient (Wildman–Crippen LogP) is 3.74. The Morgan fingerprint density at radius 1 is 0.625 bits per heavy atom. The van der Waals surface area contributed by atoms with Crippen LogP contribution in [0.4, 0.5) is 0 Å². The molecule has 2 heteroatoms. The van der Waals surface area contributed by atoms with Crippen molar-refractivity contribution >= 4 is 38.8 Å². The first-order valence-electron chi connectivity index (χ1n) is 8.39. The van der Waals surface area contributed by atoms with Gasteiger partial charge in [0.1, 0.15) is 0 Å². The molecule has 0 aromatic heterocycles. The fraction of sp³-hybridized carbons (Fsp3) is 0.182. The first-order valence-corrected chi connectivity index (χ1v) is 11.8. The van der Waals surface area contributed by atoms with Crippen LogP contribution < -0.4 is 8.92 Å². The molecule has 1 aliphatic carbocycles. The Morgan fingerprint density at radius 3 is 1.50 bits per heavy atom. The molecular weight excluding hydrogens is 422 g/mol. The predicted molar refractivity (Wildman–Crippen MR) is 105 cm³/mol. The molecule has 0 nitrogen and oxygen atoms in total. The maximum absolute atomic E-state index is 2.33. The Morgan fingerprint density at radius 2 is 1.08 bits per heavy atom. The van der Waals surface area contributed by atoms with Crippen molar-refractivity contribution in [3.8, 4) is 0 Å². The van der Waals surface area contributed by atoms with Gasteiger partial charge in [0.2, 0.25) is 0 Å². The summed E-state index contributed by atoms with van der Waals surface area (Å²) >= 11 is 1.03. The molecule has 1 saturated carbocycles. The Bertz CT molecular complexity index is 727. The Kier molecular flexibility index (Phi) is 4.92. The van der Waals surface area contributed by atoms with Crippen LogP contribution in [0.5, 0.6) is 0 Å². The van der Waals surface area contributed by atoms with Crippen LogP contribution in [0.25, 0.3) is 0 Å². The van der Waals surface area contributed by atoms with Crippen LogP contribution >= 0.6 is 0 Å². The molecule has 0 heterocycles. The van der Waals surface area contributed by atoms with E-state index < -0.39 is 0 Å². The first kappa shape index (κ1) is 16.2. The third-order valence-electron chi connectivity index (χ3n) is 4.58. The molecule has 3 aromatic carbocycles. The summed E-state index contributed by atoms with van der Waals surface area (Å²) in [5, 5.41) is 0. The summed E-state index contributed by atoms with van der Waals surface area (Å²) < 4.78 is 3.57. The van der Waals surface area contributed by atoms with Crippen molar-refractivity contribution in [1.82, 2.24) is 0 Å². The third kappa shape index (κ3) is 3.39. The molecule has 0 N–H and O–H groups in total. The Labute approximate surface area is 157 Å². The average molecular weight is 442 g/mol. The van der Waals surface area contributed by atoms with Gasteiger partial charge in [-0.3, -0.25) is 0 Å². The van der Waals surface area contributed by atoms with Crippen molar-refractivity contribution in [3.63, 3.8) is 0 Å². The molecule has 0 saturated heterocycles. The fourth-order valence-electron chi connectivity index (χ4n) is 3.27. The van der Waals surface area contributed by atoms with E-state index >= 15 is 0 Å². The first-order chi connectivity index (χ1) is 11.9. The van der Waals surface area contributed by atoms with E-state index in [-0.39, 0.29) is 0 Å². The molecule has 0 radical (unpaired) electrons. The van der Waals surface area contributed by atoms with Crippen LogP contribution in [0.1, 0.15) is 24.3 Å². The van der Waals surface area contributed by atoms with E-state index in [1.165, 1.54) is 12.8 Å². The van der Waals surface area contributed by atoms with Crippen LogP contribution in [0.15, 0.2) is 91.0 Å². The topological polar surface area (TPSA) is 0 Å². The number of rotatable bonds is 5. The van der Waals surface area contributed by atoms with Gasteiger partial charge in [0.15, 0.2) is 0 Å². The van der Waals surface area contributed by atoms with Gasteiger partial charge in [-0.15, -0.1) is 0 Å². The van der Waals surface area contributed by atoms with Gasteiger partial charge in [-0.05, 0) is 0 Å². The quantitative estimate of drug-likeness (QED) is 0.529. The van der Waals surface area contributed by atoms with Crippen molar-refractivity contribution in [3.05, 3.63) is 96.6 Å². The number of benzene rings is 3. The van der Waals surface area contributed by atoms with Crippen molar-refractivity contribution in [2.24, 2.45) is 0 Å². The SMILES string of the molecule is c1ccc([Se]C2([Se]c3ccccc3)CCC2c2ccccc2)cc1. The molecule has 0 aliphatic heterocycles. The minimum atomic E-state index is 0.476. The second kappa shape index (κ2) is 7.29. The van der Waals surface area contributed by atoms with Crippen LogP contribution in [-0.4, -0.2) is 29.9 Å². The second-order valence-electron chi connectivity index (χ2n) is 6.14. The molecule has 1 aliphatic rings. The van der Waals surface area contributed by atoms with Gasteiger partial charge in [0.05, 0.1) is 0 Å². The Hall–Kier alpha value is -1.30. The monoisotopic (exact) mass is 444 g/mol. The van der Waals surface area contributed by atoms with Gasteiger partial charge < -0.3 is 0 Å². The van der Waals surface area contributed by atoms with Crippen molar-refractivity contribution < 1.29 is 0 Å². The van der Waals surface area contributed by atoms with Crippen LogP contribution in [0, 0.1) is 0 Å². The zero-order chi connectivity index (χ0) is 16.2. The summed E-state index contributed by atoms with van der Waals surface area (Å²) in [6.45, 7) is 0. The molecule has 24 heavy (non-hydrogen) atoms. The fourth-order valence-corrected chi connectivity index (χ4v) is 11.4. The number of hydrogen-bond donors (Lipinski definition) is 0. The Balaban J connectivity index is 1.67. The summed E-state index contributed by atoms with van der Waals surface area (Å²) in [5.74, 6) is 0.721. The molecule has 0 amide bonds. The van der Waals surface area contributed by atoms with E-state index in [0.29, 0.717) is 33.1 Å². The summed E-state index contributed by atoms with van der Waals surface area (Å²) in [5.41, 5.74) is 1.54. The van der Waals surface area contributed by atoms with Crippen LogP contribution in [0.3, 0.4) is 0 Å². The average Bonchev–Trinajstić information content (AvgIpc) is 2.63. The zero-order valence-electron chi connectivity index (χ0n) is 13.5. The summed E-state index contributed by atoms with van der Waals surface area (Å²) in [6, 6.07) is 33.5. The van der Waals surface area contributed by atoms with E-state index in [1.807, 2.05) is 0 Å². The van der Waals surface area contributed by atoms with Gasteiger partial charge in [-0.25, -0.2) is 0 Å². The normalized spacial score (nSPS) is 18.8. The summed E-state index contributed by atoms with van der Waals surface area (Å²) in [7, 11) is 0. The molecule has 0 bridgehead atoms. The van der Waals surface area contributed by atoms with Crippen molar-refractivity contribution in [2.75, 3.05) is 0 Å². The molecule has 1 unspecified atom stereocenters. The van der Waals surface area contributed by atoms with Crippen molar-refractivity contribution in [1.29, 1.82) is 0 Å². The van der Waals surface area contributed by atoms with E-state index in [4.69, 9.17) is 0 Å². The zero-order valence-corrected chi connectivity index (χ0v) is 16.9. The number of hydrogen-bond acceptors (Lipinski definition) is 0. The molecule has 3 aromatic rings. The maximum atomic E-state index is 2.33. The van der Waals surface area contributed by atoms with E-state index in [2.05, 4.69) is 91.0 Å². The van der Waals surface area contributed by atoms with E-state index in [1.54, 1.807) is 14.5 Å². The van der Waals surface area contributed by atoms with Gasteiger partial charge in [0, 0.05) is 0 Å². The molecule has 1 atom stereocenters. The van der Waals surface area contributed by atoms with Gasteiger partial charge in [-0.1, -0.05) is 0 Å². The van der Waals surface area contributed by atoms with E-state index in [9.17, 15) is 0 Å². The van der Waals surface area contributed by atoms with Crippen LogP contribution in [-0.2, 0) is 0 Å². The molecule has 4 rings (SSSR count).